The van der Waals surface area contributed by atoms with Crippen LogP contribution in [0.1, 0.15) is 12.0 Å². The average molecular weight is 283 g/mol. The number of halogens is 1. The fraction of sp³-hybridized carbons (Fsp3) is 0.250. The highest BCUT2D eigenvalue weighted by molar-refractivity contribution is 6.36. The number of hydrogen-bond acceptors (Lipinski definition) is 4. The van der Waals surface area contributed by atoms with Gasteiger partial charge in [0.15, 0.2) is 5.71 Å². The molecule has 1 heterocycles. The van der Waals surface area contributed by atoms with E-state index in [2.05, 4.69) is 10.5 Å². The topological polar surface area (TPSA) is 88.0 Å². The van der Waals surface area contributed by atoms with Gasteiger partial charge in [0.05, 0.1) is 0 Å². The van der Waals surface area contributed by atoms with Gasteiger partial charge in [0.25, 0.3) is 5.91 Å². The van der Waals surface area contributed by atoms with Crippen molar-refractivity contribution in [3.63, 3.8) is 0 Å². The molecule has 1 amide bonds. The number of carboxylic acids is 1. The third-order valence-corrected chi connectivity index (χ3v) is 2.99. The molecule has 2 rings (SSSR count). The normalized spacial score (nSPS) is 17.5. The van der Waals surface area contributed by atoms with Gasteiger partial charge in [-0.05, 0) is 11.6 Å². The Balaban J connectivity index is 1.87. The summed E-state index contributed by atoms with van der Waals surface area (Å²) in [5.41, 5.74) is 0.618. The van der Waals surface area contributed by atoms with Crippen molar-refractivity contribution in [1.29, 1.82) is 0 Å². The van der Waals surface area contributed by atoms with Gasteiger partial charge in [0.2, 0.25) is 6.10 Å². The Bertz CT molecular complexity index is 544. The molecule has 7 heteroatoms. The van der Waals surface area contributed by atoms with Crippen LogP contribution < -0.4 is 5.32 Å². The molecule has 0 radical (unpaired) electrons. The summed E-state index contributed by atoms with van der Waals surface area (Å²) < 4.78 is 0. The summed E-state index contributed by atoms with van der Waals surface area (Å²) in [5, 5.41) is 15.2. The molecule has 0 spiro atoms. The van der Waals surface area contributed by atoms with E-state index in [4.69, 9.17) is 21.5 Å². The summed E-state index contributed by atoms with van der Waals surface area (Å²) in [5.74, 6) is -1.60. The van der Waals surface area contributed by atoms with Crippen LogP contribution in [0.15, 0.2) is 29.4 Å². The summed E-state index contributed by atoms with van der Waals surface area (Å²) in [6.45, 7) is 0.251. The van der Waals surface area contributed by atoms with E-state index in [1.165, 1.54) is 0 Å². The lowest BCUT2D eigenvalue weighted by Crippen LogP contribution is -2.34. The molecule has 2 N–H and O–H groups in total. The molecule has 0 bridgehead atoms. The second-order valence-electron chi connectivity index (χ2n) is 3.95. The molecule has 1 aliphatic rings. The molecule has 0 saturated heterocycles. The predicted octanol–water partition coefficient (Wildman–Crippen LogP) is 1.19. The van der Waals surface area contributed by atoms with Crippen LogP contribution in [0.2, 0.25) is 5.02 Å². The molecule has 0 aliphatic carbocycles. The molecule has 0 fully saturated rings. The minimum atomic E-state index is -1.18. The number of nitrogens with one attached hydrogen (secondary N) is 1. The molecule has 1 aromatic carbocycles. The fourth-order valence-electron chi connectivity index (χ4n) is 1.58. The van der Waals surface area contributed by atoms with Crippen LogP contribution >= 0.6 is 11.6 Å². The molecule has 100 valence electrons. The van der Waals surface area contributed by atoms with E-state index in [1.54, 1.807) is 18.2 Å². The first-order valence-electron chi connectivity index (χ1n) is 5.55. The van der Waals surface area contributed by atoms with Crippen molar-refractivity contribution >= 4 is 29.2 Å². The monoisotopic (exact) mass is 282 g/mol. The van der Waals surface area contributed by atoms with Crippen molar-refractivity contribution in [1.82, 2.24) is 5.32 Å². The van der Waals surface area contributed by atoms with E-state index in [0.29, 0.717) is 5.02 Å². The van der Waals surface area contributed by atoms with Gasteiger partial charge >= 0.3 is 5.97 Å². The smallest absolute Gasteiger partial charge is 0.353 e. The SMILES string of the molecule is O=C(O)C1=NOC(C(=O)NCc2ccccc2Cl)C1. The number of amides is 1. The quantitative estimate of drug-likeness (QED) is 0.868. The van der Waals surface area contributed by atoms with Crippen LogP contribution in [0.3, 0.4) is 0 Å². The third kappa shape index (κ3) is 3.23. The number of carbonyl (C=O) groups is 2. The van der Waals surface area contributed by atoms with E-state index >= 15 is 0 Å². The number of carboxylic acid groups (broad SMARTS) is 1. The van der Waals surface area contributed by atoms with Gasteiger partial charge in [0.1, 0.15) is 0 Å². The molecule has 1 aromatic rings. The van der Waals surface area contributed by atoms with E-state index in [-0.39, 0.29) is 18.7 Å². The van der Waals surface area contributed by atoms with Crippen molar-refractivity contribution in [3.05, 3.63) is 34.9 Å². The third-order valence-electron chi connectivity index (χ3n) is 2.62. The first kappa shape index (κ1) is 13.4. The Morgan fingerprint density at radius 2 is 2.21 bits per heavy atom. The maximum absolute atomic E-state index is 11.8. The number of oxime groups is 1. The van der Waals surface area contributed by atoms with Gasteiger partial charge < -0.3 is 15.3 Å². The summed E-state index contributed by atoms with van der Waals surface area (Å²) in [6.07, 6.45) is -0.933. The van der Waals surface area contributed by atoms with Gasteiger partial charge in [-0.15, -0.1) is 0 Å². The van der Waals surface area contributed by atoms with Gasteiger partial charge in [-0.25, -0.2) is 4.79 Å². The minimum Gasteiger partial charge on any atom is -0.477 e. The maximum Gasteiger partial charge on any atom is 0.353 e. The highest BCUT2D eigenvalue weighted by atomic mass is 35.5. The fourth-order valence-corrected chi connectivity index (χ4v) is 1.78. The average Bonchev–Trinajstić information content (AvgIpc) is 2.87. The molecule has 19 heavy (non-hydrogen) atoms. The molecule has 6 nitrogen and oxygen atoms in total. The molecular formula is C12H11ClN2O4. The van der Waals surface area contributed by atoms with E-state index < -0.39 is 18.0 Å². The first-order valence-corrected chi connectivity index (χ1v) is 5.93. The Morgan fingerprint density at radius 1 is 1.47 bits per heavy atom. The van der Waals surface area contributed by atoms with E-state index in [9.17, 15) is 9.59 Å². The first-order chi connectivity index (χ1) is 9.08. The summed E-state index contributed by atoms with van der Waals surface area (Å²) in [4.78, 5) is 27.2. The van der Waals surface area contributed by atoms with Crippen molar-refractivity contribution in [2.75, 3.05) is 0 Å². The summed E-state index contributed by atoms with van der Waals surface area (Å²) >= 11 is 5.95. The van der Waals surface area contributed by atoms with Gasteiger partial charge in [0, 0.05) is 18.0 Å². The second-order valence-corrected chi connectivity index (χ2v) is 4.36. The second kappa shape index (κ2) is 5.71. The number of benzene rings is 1. The standard InChI is InChI=1S/C12H11ClN2O4/c13-8-4-2-1-3-7(8)6-14-11(16)10-5-9(12(17)18)15-19-10/h1-4,10H,5-6H2,(H,14,16)(H,17,18). The van der Waals surface area contributed by atoms with Crippen LogP contribution in [0.5, 0.6) is 0 Å². The highest BCUT2D eigenvalue weighted by Crippen LogP contribution is 2.15. The van der Waals surface area contributed by atoms with E-state index in [1.807, 2.05) is 6.07 Å². The Labute approximate surface area is 114 Å². The Kier molecular flexibility index (Phi) is 4.01. The minimum absolute atomic E-state index is 0.0380. The number of rotatable bonds is 4. The number of hydrogen-bond donors (Lipinski definition) is 2. The molecule has 0 saturated carbocycles. The molecule has 1 unspecified atom stereocenters. The maximum atomic E-state index is 11.8. The summed E-state index contributed by atoms with van der Waals surface area (Å²) in [7, 11) is 0. The lowest BCUT2D eigenvalue weighted by atomic mass is 10.1. The summed E-state index contributed by atoms with van der Waals surface area (Å²) in [6, 6.07) is 7.11. The zero-order valence-corrected chi connectivity index (χ0v) is 10.6. The van der Waals surface area contributed by atoms with Crippen molar-refractivity contribution in [2.24, 2.45) is 5.16 Å². The zero-order valence-electron chi connectivity index (χ0n) is 9.80. The lowest BCUT2D eigenvalue weighted by Gasteiger charge is -2.10. The van der Waals surface area contributed by atoms with Gasteiger partial charge in [-0.2, -0.15) is 0 Å². The largest absolute Gasteiger partial charge is 0.477 e. The number of nitrogens with zero attached hydrogens (tertiary/aromatic N) is 1. The van der Waals surface area contributed by atoms with Gasteiger partial charge in [-0.1, -0.05) is 35.0 Å². The molecule has 0 aromatic heterocycles. The van der Waals surface area contributed by atoms with Crippen molar-refractivity contribution in [3.8, 4) is 0 Å². The van der Waals surface area contributed by atoms with Crippen LogP contribution in [0, 0.1) is 0 Å². The number of aliphatic carboxylic acids is 1. The lowest BCUT2D eigenvalue weighted by molar-refractivity contribution is -0.131. The van der Waals surface area contributed by atoms with E-state index in [0.717, 1.165) is 5.56 Å². The predicted molar refractivity (Wildman–Crippen MR) is 67.9 cm³/mol. The van der Waals surface area contributed by atoms with Crippen LogP contribution in [-0.2, 0) is 21.0 Å². The number of carbonyl (C=O) groups excluding carboxylic acids is 1. The Hall–Kier alpha value is -2.08. The Morgan fingerprint density at radius 3 is 2.84 bits per heavy atom. The van der Waals surface area contributed by atoms with Crippen LogP contribution in [0.4, 0.5) is 0 Å². The highest BCUT2D eigenvalue weighted by Gasteiger charge is 2.31. The molecular weight excluding hydrogens is 272 g/mol. The molecule has 1 aliphatic heterocycles. The van der Waals surface area contributed by atoms with Gasteiger partial charge in [-0.3, -0.25) is 4.79 Å². The van der Waals surface area contributed by atoms with Crippen molar-refractivity contribution < 1.29 is 19.5 Å². The zero-order chi connectivity index (χ0) is 13.8. The van der Waals surface area contributed by atoms with Crippen LogP contribution in [0.25, 0.3) is 0 Å². The van der Waals surface area contributed by atoms with Crippen molar-refractivity contribution in [2.45, 2.75) is 19.1 Å². The molecule has 1 atom stereocenters. The van der Waals surface area contributed by atoms with Crippen LogP contribution in [-0.4, -0.2) is 28.8 Å².